The summed E-state index contributed by atoms with van der Waals surface area (Å²) in [6, 6.07) is 0. The van der Waals surface area contributed by atoms with E-state index in [1.54, 1.807) is 6.20 Å². The molecule has 2 aromatic rings. The van der Waals surface area contributed by atoms with E-state index in [4.69, 9.17) is 0 Å². The summed E-state index contributed by atoms with van der Waals surface area (Å²) in [4.78, 5) is 11.2. The molecule has 3 rings (SSSR count). The summed E-state index contributed by atoms with van der Waals surface area (Å²) in [7, 11) is 4.31. The number of aromatic nitrogens is 3. The molecule has 0 bridgehead atoms. The summed E-state index contributed by atoms with van der Waals surface area (Å²) in [5.41, 5.74) is 1.14. The van der Waals surface area contributed by atoms with Crippen molar-refractivity contribution in [1.82, 2.24) is 19.3 Å². The molecular formula is C13H18BrN5. The van der Waals surface area contributed by atoms with Gasteiger partial charge in [-0.05, 0) is 49.3 Å². The molecule has 0 unspecified atom stereocenters. The average Bonchev–Trinajstić information content (AvgIpc) is 2.74. The Balaban J connectivity index is 1.83. The molecule has 1 N–H and O–H groups in total. The maximum Gasteiger partial charge on any atom is 0.180 e. The van der Waals surface area contributed by atoms with E-state index in [9.17, 15) is 0 Å². The lowest BCUT2D eigenvalue weighted by molar-refractivity contribution is 0.0738. The number of imidazole rings is 1. The summed E-state index contributed by atoms with van der Waals surface area (Å²) < 4.78 is 2.79. The molecule has 2 heterocycles. The maximum absolute atomic E-state index is 4.50. The topological polar surface area (TPSA) is 45.5 Å². The number of fused-ring (bicyclic) bond motifs is 1. The summed E-state index contributed by atoms with van der Waals surface area (Å²) in [5.74, 6) is 0.840. The fourth-order valence-electron chi connectivity index (χ4n) is 2.63. The van der Waals surface area contributed by atoms with Gasteiger partial charge in [-0.3, -0.25) is 0 Å². The Morgan fingerprint density at radius 2 is 2.26 bits per heavy atom. The number of hydrogen-bond donors (Lipinski definition) is 1. The van der Waals surface area contributed by atoms with Crippen molar-refractivity contribution in [3.05, 3.63) is 23.2 Å². The molecule has 6 heteroatoms. The monoisotopic (exact) mass is 323 g/mol. The van der Waals surface area contributed by atoms with E-state index in [-0.39, 0.29) is 5.54 Å². The van der Waals surface area contributed by atoms with Crippen LogP contribution in [-0.4, -0.2) is 45.4 Å². The van der Waals surface area contributed by atoms with Crippen molar-refractivity contribution in [3.63, 3.8) is 0 Å². The normalized spacial score (nSPS) is 17.7. The Kier molecular flexibility index (Phi) is 3.22. The Labute approximate surface area is 121 Å². The van der Waals surface area contributed by atoms with Crippen molar-refractivity contribution >= 4 is 27.4 Å². The van der Waals surface area contributed by atoms with Gasteiger partial charge in [0.25, 0.3) is 0 Å². The summed E-state index contributed by atoms with van der Waals surface area (Å²) in [6.45, 7) is 0.909. The van der Waals surface area contributed by atoms with Crippen LogP contribution in [0.3, 0.4) is 0 Å². The van der Waals surface area contributed by atoms with Crippen LogP contribution < -0.4 is 5.32 Å². The number of hydrogen-bond acceptors (Lipinski definition) is 4. The molecule has 0 spiro atoms. The Morgan fingerprint density at radius 3 is 2.89 bits per heavy atom. The lowest BCUT2D eigenvalue weighted by atomic mass is 9.75. The molecular weight excluding hydrogens is 306 g/mol. The molecule has 2 aromatic heterocycles. The average molecular weight is 324 g/mol. The molecule has 0 atom stereocenters. The van der Waals surface area contributed by atoms with Gasteiger partial charge in [-0.2, -0.15) is 0 Å². The second kappa shape index (κ2) is 4.76. The van der Waals surface area contributed by atoms with Gasteiger partial charge in [0.15, 0.2) is 11.5 Å². The van der Waals surface area contributed by atoms with Gasteiger partial charge < -0.3 is 14.6 Å². The summed E-state index contributed by atoms with van der Waals surface area (Å²) in [5, 5.41) is 3.47. The number of nitrogens with one attached hydrogen (secondary N) is 1. The number of likely N-dealkylation sites (N-methyl/N-ethyl adjacent to an activating group) is 1. The van der Waals surface area contributed by atoms with Crippen LogP contribution in [0.25, 0.3) is 5.65 Å². The van der Waals surface area contributed by atoms with Gasteiger partial charge in [0.05, 0.1) is 0 Å². The van der Waals surface area contributed by atoms with Crippen molar-refractivity contribution in [2.45, 2.75) is 24.8 Å². The van der Waals surface area contributed by atoms with Gasteiger partial charge in [0.2, 0.25) is 0 Å². The van der Waals surface area contributed by atoms with Crippen LogP contribution >= 0.6 is 15.9 Å². The molecule has 5 nitrogen and oxygen atoms in total. The van der Waals surface area contributed by atoms with E-state index >= 15 is 0 Å². The summed E-state index contributed by atoms with van der Waals surface area (Å²) in [6.07, 6.45) is 9.43. The molecule has 0 amide bonds. The highest BCUT2D eigenvalue weighted by Crippen LogP contribution is 2.36. The van der Waals surface area contributed by atoms with Crippen LogP contribution in [0.2, 0.25) is 0 Å². The van der Waals surface area contributed by atoms with Crippen LogP contribution in [0.1, 0.15) is 19.3 Å². The molecule has 1 aliphatic rings. The van der Waals surface area contributed by atoms with E-state index in [1.165, 1.54) is 19.3 Å². The Hall–Kier alpha value is -1.14. The van der Waals surface area contributed by atoms with Crippen LogP contribution in [0, 0.1) is 0 Å². The first kappa shape index (κ1) is 12.9. The molecule has 102 valence electrons. The predicted molar refractivity (Wildman–Crippen MR) is 79.4 cm³/mol. The first-order valence-electron chi connectivity index (χ1n) is 6.51. The lowest BCUT2D eigenvalue weighted by Gasteiger charge is -2.47. The maximum atomic E-state index is 4.50. The molecule has 1 fully saturated rings. The van der Waals surface area contributed by atoms with E-state index in [0.717, 1.165) is 22.6 Å². The highest BCUT2D eigenvalue weighted by Gasteiger charge is 2.38. The lowest BCUT2D eigenvalue weighted by Crippen LogP contribution is -2.54. The van der Waals surface area contributed by atoms with Gasteiger partial charge in [-0.1, -0.05) is 0 Å². The minimum Gasteiger partial charge on any atom is -0.365 e. The quantitative estimate of drug-likeness (QED) is 0.938. The van der Waals surface area contributed by atoms with Crippen LogP contribution in [0.5, 0.6) is 0 Å². The van der Waals surface area contributed by atoms with Crippen LogP contribution in [0.15, 0.2) is 23.2 Å². The SMILES string of the molecule is CN(C)C1(CNc2nc(Br)cn3ccnc23)CCC1. The van der Waals surface area contributed by atoms with Crippen molar-refractivity contribution in [3.8, 4) is 0 Å². The van der Waals surface area contributed by atoms with Gasteiger partial charge in [0, 0.05) is 30.7 Å². The van der Waals surface area contributed by atoms with Crippen molar-refractivity contribution in [2.24, 2.45) is 0 Å². The largest absolute Gasteiger partial charge is 0.365 e. The molecule has 1 aliphatic carbocycles. The van der Waals surface area contributed by atoms with E-state index in [1.807, 2.05) is 16.8 Å². The molecule has 1 saturated carbocycles. The summed E-state index contributed by atoms with van der Waals surface area (Å²) >= 11 is 3.44. The number of rotatable bonds is 4. The Bertz CT molecular complexity index is 588. The molecule has 0 aliphatic heterocycles. The van der Waals surface area contributed by atoms with Gasteiger partial charge in [0.1, 0.15) is 4.60 Å². The number of halogens is 1. The van der Waals surface area contributed by atoms with E-state index in [0.29, 0.717) is 0 Å². The highest BCUT2D eigenvalue weighted by atomic mass is 79.9. The zero-order valence-corrected chi connectivity index (χ0v) is 12.8. The first-order chi connectivity index (χ1) is 9.11. The fraction of sp³-hybridized carbons (Fsp3) is 0.538. The van der Waals surface area contributed by atoms with Crippen molar-refractivity contribution in [1.29, 1.82) is 0 Å². The minimum absolute atomic E-state index is 0.271. The van der Waals surface area contributed by atoms with E-state index < -0.39 is 0 Å². The van der Waals surface area contributed by atoms with E-state index in [2.05, 4.69) is 50.2 Å². The molecule has 0 radical (unpaired) electrons. The Morgan fingerprint density at radius 1 is 1.47 bits per heavy atom. The zero-order chi connectivity index (χ0) is 13.5. The number of anilines is 1. The second-order valence-electron chi connectivity index (χ2n) is 5.40. The number of nitrogens with zero attached hydrogens (tertiary/aromatic N) is 4. The van der Waals surface area contributed by atoms with Gasteiger partial charge in [-0.25, -0.2) is 9.97 Å². The zero-order valence-electron chi connectivity index (χ0n) is 11.2. The second-order valence-corrected chi connectivity index (χ2v) is 6.21. The molecule has 19 heavy (non-hydrogen) atoms. The predicted octanol–water partition coefficient (Wildman–Crippen LogP) is 2.39. The minimum atomic E-state index is 0.271. The third-order valence-corrected chi connectivity index (χ3v) is 4.54. The van der Waals surface area contributed by atoms with Gasteiger partial charge in [-0.15, -0.1) is 0 Å². The first-order valence-corrected chi connectivity index (χ1v) is 7.31. The highest BCUT2D eigenvalue weighted by molar-refractivity contribution is 9.10. The molecule has 0 saturated heterocycles. The molecule has 0 aromatic carbocycles. The van der Waals surface area contributed by atoms with Crippen LogP contribution in [0.4, 0.5) is 5.82 Å². The van der Waals surface area contributed by atoms with Gasteiger partial charge >= 0.3 is 0 Å². The standard InChI is InChI=1S/C13H18BrN5/c1-18(2)13(4-3-5-13)9-16-11-12-15-6-7-19(12)8-10(14)17-11/h6-8H,3-5,9H2,1-2H3,(H,16,17). The third-order valence-electron chi connectivity index (χ3n) is 4.16. The van der Waals surface area contributed by atoms with Crippen molar-refractivity contribution in [2.75, 3.05) is 26.0 Å². The van der Waals surface area contributed by atoms with Crippen molar-refractivity contribution < 1.29 is 0 Å². The third kappa shape index (κ3) is 2.23. The van der Waals surface area contributed by atoms with Crippen LogP contribution in [-0.2, 0) is 0 Å². The fourth-order valence-corrected chi connectivity index (χ4v) is 3.03. The smallest absolute Gasteiger partial charge is 0.180 e.